The van der Waals surface area contributed by atoms with Crippen LogP contribution in [0, 0.1) is 0 Å². The highest BCUT2D eigenvalue weighted by molar-refractivity contribution is 6.08. The van der Waals surface area contributed by atoms with Gasteiger partial charge in [0.05, 0.1) is 11.2 Å². The molecule has 138 valence electrons. The van der Waals surface area contributed by atoms with Crippen LogP contribution >= 0.6 is 0 Å². The number of benzene rings is 2. The van der Waals surface area contributed by atoms with Crippen molar-refractivity contribution in [2.75, 3.05) is 7.05 Å². The topological polar surface area (TPSA) is 64.0 Å². The molecular weight excluding hydrogens is 350 g/mol. The van der Waals surface area contributed by atoms with Gasteiger partial charge in [0, 0.05) is 42.5 Å². The summed E-state index contributed by atoms with van der Waals surface area (Å²) < 4.78 is 1.92. The number of para-hydroxylation sites is 1. The van der Waals surface area contributed by atoms with Crippen molar-refractivity contribution < 1.29 is 9.59 Å². The van der Waals surface area contributed by atoms with Crippen molar-refractivity contribution in [2.24, 2.45) is 0 Å². The minimum Gasteiger partial charge on any atom is -0.355 e. The predicted molar refractivity (Wildman–Crippen MR) is 109 cm³/mol. The number of pyridine rings is 1. The molecule has 2 aromatic heterocycles. The van der Waals surface area contributed by atoms with Gasteiger partial charge in [0.15, 0.2) is 0 Å². The van der Waals surface area contributed by atoms with Crippen molar-refractivity contribution in [3.63, 3.8) is 0 Å². The van der Waals surface area contributed by atoms with Crippen molar-refractivity contribution >= 4 is 22.6 Å². The third-order valence-electron chi connectivity index (χ3n) is 4.70. The Morgan fingerprint density at radius 1 is 0.964 bits per heavy atom. The number of aromatic nitrogens is 2. The van der Waals surface area contributed by atoms with Crippen molar-refractivity contribution in [1.29, 1.82) is 0 Å². The zero-order chi connectivity index (χ0) is 19.5. The molecule has 0 aliphatic heterocycles. The number of carbonyl (C=O) groups is 2. The molecule has 0 spiro atoms. The fourth-order valence-electron chi connectivity index (χ4n) is 3.22. The number of hydrogen-bond acceptors (Lipinski definition) is 3. The Morgan fingerprint density at radius 3 is 2.50 bits per heavy atom. The minimum atomic E-state index is -0.175. The quantitative estimate of drug-likeness (QED) is 0.546. The van der Waals surface area contributed by atoms with Crippen LogP contribution in [0.3, 0.4) is 0 Å². The molecule has 5 heteroatoms. The van der Waals surface area contributed by atoms with Crippen LogP contribution in [0.2, 0.25) is 0 Å². The SMILES string of the molecule is CNC(=O)c1ccc(C(=O)c2cccn2Cc2cnc3ccccc3c2)cc1. The van der Waals surface area contributed by atoms with Crippen molar-refractivity contribution in [2.45, 2.75) is 6.54 Å². The fraction of sp³-hybridized carbons (Fsp3) is 0.0870. The third-order valence-corrected chi connectivity index (χ3v) is 4.70. The zero-order valence-electron chi connectivity index (χ0n) is 15.4. The second kappa shape index (κ2) is 7.48. The molecule has 0 aliphatic rings. The van der Waals surface area contributed by atoms with Gasteiger partial charge in [-0.2, -0.15) is 0 Å². The predicted octanol–water partition coefficient (Wildman–Crippen LogP) is 3.68. The Bertz CT molecular complexity index is 1160. The van der Waals surface area contributed by atoms with Gasteiger partial charge in [0.1, 0.15) is 0 Å². The molecule has 2 aromatic carbocycles. The highest BCUT2D eigenvalue weighted by atomic mass is 16.1. The summed E-state index contributed by atoms with van der Waals surface area (Å²) >= 11 is 0. The first-order chi connectivity index (χ1) is 13.7. The monoisotopic (exact) mass is 369 g/mol. The van der Waals surface area contributed by atoms with Crippen LogP contribution < -0.4 is 5.32 Å². The Labute approximate surface area is 162 Å². The van der Waals surface area contributed by atoms with Crippen molar-refractivity contribution in [1.82, 2.24) is 14.9 Å². The van der Waals surface area contributed by atoms with Crippen molar-refractivity contribution in [3.8, 4) is 0 Å². The maximum absolute atomic E-state index is 12.9. The molecule has 4 rings (SSSR count). The molecule has 0 unspecified atom stereocenters. The normalized spacial score (nSPS) is 10.8. The lowest BCUT2D eigenvalue weighted by atomic mass is 10.1. The highest BCUT2D eigenvalue weighted by Crippen LogP contribution is 2.17. The van der Waals surface area contributed by atoms with E-state index in [0.717, 1.165) is 16.5 Å². The Hall–Kier alpha value is -3.73. The number of nitrogens with zero attached hydrogens (tertiary/aromatic N) is 2. The first-order valence-electron chi connectivity index (χ1n) is 9.01. The molecular formula is C23H19N3O2. The summed E-state index contributed by atoms with van der Waals surface area (Å²) in [7, 11) is 1.58. The highest BCUT2D eigenvalue weighted by Gasteiger charge is 2.14. The van der Waals surface area contributed by atoms with E-state index in [2.05, 4.69) is 16.4 Å². The van der Waals surface area contributed by atoms with Gasteiger partial charge in [-0.3, -0.25) is 14.6 Å². The van der Waals surface area contributed by atoms with Crippen LogP contribution in [0.5, 0.6) is 0 Å². The molecule has 28 heavy (non-hydrogen) atoms. The van der Waals surface area contributed by atoms with Crippen molar-refractivity contribution in [3.05, 3.63) is 102 Å². The molecule has 0 fully saturated rings. The van der Waals surface area contributed by atoms with E-state index < -0.39 is 0 Å². The summed E-state index contributed by atoms with van der Waals surface area (Å²) in [6.45, 7) is 0.558. The standard InChI is InChI=1S/C23H19N3O2/c1-24-23(28)18-10-8-17(9-11-18)22(27)21-7-4-12-26(21)15-16-13-19-5-2-3-6-20(19)25-14-16/h2-14H,15H2,1H3,(H,24,28). The van der Waals surface area contributed by atoms with Gasteiger partial charge in [-0.25, -0.2) is 0 Å². The number of carbonyl (C=O) groups excluding carboxylic acids is 2. The van der Waals surface area contributed by atoms with Gasteiger partial charge in [-0.05, 0) is 42.0 Å². The zero-order valence-corrected chi connectivity index (χ0v) is 15.4. The summed E-state index contributed by atoms with van der Waals surface area (Å²) in [5, 5.41) is 3.65. The molecule has 4 aromatic rings. The van der Waals surface area contributed by atoms with Gasteiger partial charge in [0.2, 0.25) is 5.78 Å². The molecule has 0 saturated carbocycles. The number of fused-ring (bicyclic) bond motifs is 1. The molecule has 0 bridgehead atoms. The van der Waals surface area contributed by atoms with Gasteiger partial charge in [0.25, 0.3) is 5.91 Å². The van der Waals surface area contributed by atoms with Crippen LogP contribution in [0.25, 0.3) is 10.9 Å². The molecule has 5 nitrogen and oxygen atoms in total. The fourth-order valence-corrected chi connectivity index (χ4v) is 3.22. The number of rotatable bonds is 5. The third kappa shape index (κ3) is 3.42. The second-order valence-electron chi connectivity index (χ2n) is 6.54. The Kier molecular flexibility index (Phi) is 4.72. The molecule has 1 amide bonds. The van der Waals surface area contributed by atoms with E-state index in [0.29, 0.717) is 23.4 Å². The van der Waals surface area contributed by atoms with Gasteiger partial charge in [-0.15, -0.1) is 0 Å². The summed E-state index contributed by atoms with van der Waals surface area (Å²) in [6, 6.07) is 20.4. The molecule has 0 saturated heterocycles. The lowest BCUT2D eigenvalue weighted by Gasteiger charge is -2.10. The molecule has 1 N–H and O–H groups in total. The minimum absolute atomic E-state index is 0.0813. The van der Waals surface area contributed by atoms with E-state index in [1.165, 1.54) is 0 Å². The summed E-state index contributed by atoms with van der Waals surface area (Å²) in [4.78, 5) is 29.1. The van der Waals surface area contributed by atoms with Crippen LogP contribution in [0.4, 0.5) is 0 Å². The maximum atomic E-state index is 12.9. The van der Waals surface area contributed by atoms with Crippen LogP contribution in [-0.4, -0.2) is 28.3 Å². The molecule has 0 radical (unpaired) electrons. The number of amides is 1. The van der Waals surface area contributed by atoms with Crippen LogP contribution in [0.15, 0.2) is 79.1 Å². The first kappa shape index (κ1) is 17.7. The van der Waals surface area contributed by atoms with E-state index >= 15 is 0 Å². The summed E-state index contributed by atoms with van der Waals surface area (Å²) in [5.41, 5.74) is 3.65. The van der Waals surface area contributed by atoms with E-state index in [-0.39, 0.29) is 11.7 Å². The Balaban J connectivity index is 1.59. The van der Waals surface area contributed by atoms with Gasteiger partial charge >= 0.3 is 0 Å². The lowest BCUT2D eigenvalue weighted by Crippen LogP contribution is -2.18. The number of nitrogens with one attached hydrogen (secondary N) is 1. The van der Waals surface area contributed by atoms with E-state index in [9.17, 15) is 9.59 Å². The average molecular weight is 369 g/mol. The van der Waals surface area contributed by atoms with Gasteiger partial charge in [-0.1, -0.05) is 30.3 Å². The summed E-state index contributed by atoms with van der Waals surface area (Å²) in [5.74, 6) is -0.256. The second-order valence-corrected chi connectivity index (χ2v) is 6.54. The average Bonchev–Trinajstić information content (AvgIpc) is 3.20. The lowest BCUT2D eigenvalue weighted by molar-refractivity contribution is 0.0961. The maximum Gasteiger partial charge on any atom is 0.251 e. The molecule has 0 aliphatic carbocycles. The Morgan fingerprint density at radius 2 is 1.71 bits per heavy atom. The van der Waals surface area contributed by atoms with E-state index in [4.69, 9.17) is 0 Å². The van der Waals surface area contributed by atoms with Crippen LogP contribution in [-0.2, 0) is 6.54 Å². The van der Waals surface area contributed by atoms with Crippen LogP contribution in [0.1, 0.15) is 32.0 Å². The first-order valence-corrected chi connectivity index (χ1v) is 9.01. The molecule has 0 atom stereocenters. The van der Waals surface area contributed by atoms with E-state index in [1.807, 2.05) is 53.4 Å². The molecule has 2 heterocycles. The van der Waals surface area contributed by atoms with E-state index in [1.54, 1.807) is 31.3 Å². The number of hydrogen-bond donors (Lipinski definition) is 1. The van der Waals surface area contributed by atoms with Gasteiger partial charge < -0.3 is 9.88 Å². The summed E-state index contributed by atoms with van der Waals surface area (Å²) in [6.07, 6.45) is 3.73. The number of ketones is 1. The largest absolute Gasteiger partial charge is 0.355 e. The smallest absolute Gasteiger partial charge is 0.251 e.